The number of nitrogens with zero attached hydrogens (tertiary/aromatic N) is 1. The lowest BCUT2D eigenvalue weighted by molar-refractivity contribution is 0.100. The lowest BCUT2D eigenvalue weighted by atomic mass is 10.3. The Morgan fingerprint density at radius 2 is 2.31 bits per heavy atom. The number of aromatic nitrogens is 1. The molecule has 0 aliphatic rings. The average Bonchev–Trinajstić information content (AvgIpc) is 2.53. The molecule has 0 spiro atoms. The van der Waals surface area contributed by atoms with Crippen LogP contribution >= 0.6 is 0 Å². The van der Waals surface area contributed by atoms with Crippen molar-refractivity contribution in [2.24, 2.45) is 0 Å². The molecule has 0 saturated carbocycles. The molecule has 0 atom stereocenters. The number of ketones is 1. The van der Waals surface area contributed by atoms with Gasteiger partial charge in [-0.3, -0.25) is 4.79 Å². The molecular formula is C10H15NO2. The third kappa shape index (κ3) is 2.70. The summed E-state index contributed by atoms with van der Waals surface area (Å²) in [6, 6.07) is 3.69. The fourth-order valence-corrected chi connectivity index (χ4v) is 1.32. The van der Waals surface area contributed by atoms with Gasteiger partial charge in [-0.1, -0.05) is 0 Å². The zero-order valence-corrected chi connectivity index (χ0v) is 7.86. The summed E-state index contributed by atoms with van der Waals surface area (Å²) in [5, 5.41) is 8.60. The number of carbonyl (C=O) groups excluding carboxylic acids is 1. The maximum atomic E-state index is 11.1. The number of aliphatic hydroxyl groups is 1. The van der Waals surface area contributed by atoms with Crippen LogP contribution in [0.2, 0.25) is 0 Å². The number of carbonyl (C=O) groups is 1. The van der Waals surface area contributed by atoms with Crippen LogP contribution in [0.4, 0.5) is 0 Å². The molecule has 1 rings (SSSR count). The summed E-state index contributed by atoms with van der Waals surface area (Å²) >= 11 is 0. The third-order valence-corrected chi connectivity index (χ3v) is 2.00. The number of aryl methyl sites for hydroxylation is 1. The van der Waals surface area contributed by atoms with Gasteiger partial charge < -0.3 is 9.67 Å². The molecule has 0 amide bonds. The number of Topliss-reactive ketones (excluding diaryl/α,β-unsaturated/α-hetero) is 1. The molecule has 0 aliphatic heterocycles. The Kier molecular flexibility index (Phi) is 3.71. The maximum Gasteiger partial charge on any atom is 0.176 e. The van der Waals surface area contributed by atoms with Gasteiger partial charge in [-0.15, -0.1) is 0 Å². The molecular weight excluding hydrogens is 166 g/mol. The van der Waals surface area contributed by atoms with Crippen molar-refractivity contribution in [3.05, 3.63) is 24.0 Å². The van der Waals surface area contributed by atoms with Crippen LogP contribution in [0.25, 0.3) is 0 Å². The lowest BCUT2D eigenvalue weighted by Gasteiger charge is -2.05. The molecule has 1 aromatic heterocycles. The Balaban J connectivity index is 2.55. The highest BCUT2D eigenvalue weighted by atomic mass is 16.2. The summed E-state index contributed by atoms with van der Waals surface area (Å²) < 4.78 is 1.93. The average molecular weight is 181 g/mol. The zero-order valence-electron chi connectivity index (χ0n) is 7.86. The van der Waals surface area contributed by atoms with Crippen molar-refractivity contribution in [2.75, 3.05) is 6.61 Å². The second kappa shape index (κ2) is 4.82. The normalized spacial score (nSPS) is 10.3. The highest BCUT2D eigenvalue weighted by molar-refractivity contribution is 5.92. The van der Waals surface area contributed by atoms with Gasteiger partial charge in [-0.25, -0.2) is 0 Å². The van der Waals surface area contributed by atoms with Crippen LogP contribution in [-0.2, 0) is 6.54 Å². The van der Waals surface area contributed by atoms with E-state index < -0.39 is 0 Å². The molecule has 0 unspecified atom stereocenters. The summed E-state index contributed by atoms with van der Waals surface area (Å²) in [6.07, 6.45) is 3.59. The first-order valence-corrected chi connectivity index (χ1v) is 4.52. The number of hydrogen-bond acceptors (Lipinski definition) is 2. The molecule has 0 radical (unpaired) electrons. The molecule has 1 aromatic rings. The van der Waals surface area contributed by atoms with Crippen molar-refractivity contribution in [1.82, 2.24) is 4.57 Å². The van der Waals surface area contributed by atoms with E-state index in [4.69, 9.17) is 5.11 Å². The van der Waals surface area contributed by atoms with Gasteiger partial charge in [0.15, 0.2) is 5.78 Å². The summed E-state index contributed by atoms with van der Waals surface area (Å²) in [5.74, 6) is 0.0917. The number of rotatable bonds is 5. The van der Waals surface area contributed by atoms with E-state index in [1.807, 2.05) is 22.9 Å². The van der Waals surface area contributed by atoms with Gasteiger partial charge in [0.2, 0.25) is 0 Å². The monoisotopic (exact) mass is 181 g/mol. The van der Waals surface area contributed by atoms with Crippen molar-refractivity contribution < 1.29 is 9.90 Å². The Morgan fingerprint density at radius 1 is 1.54 bits per heavy atom. The molecule has 3 nitrogen and oxygen atoms in total. The van der Waals surface area contributed by atoms with Crippen LogP contribution in [0, 0.1) is 0 Å². The van der Waals surface area contributed by atoms with E-state index in [1.54, 1.807) is 6.92 Å². The van der Waals surface area contributed by atoms with Gasteiger partial charge in [-0.05, 0) is 25.0 Å². The first-order chi connectivity index (χ1) is 6.25. The first kappa shape index (κ1) is 9.99. The summed E-state index contributed by atoms with van der Waals surface area (Å²) in [4.78, 5) is 11.1. The van der Waals surface area contributed by atoms with Gasteiger partial charge >= 0.3 is 0 Å². The molecule has 13 heavy (non-hydrogen) atoms. The van der Waals surface area contributed by atoms with Crippen molar-refractivity contribution >= 4 is 5.78 Å². The van der Waals surface area contributed by atoms with Gasteiger partial charge in [-0.2, -0.15) is 0 Å². The third-order valence-electron chi connectivity index (χ3n) is 2.00. The first-order valence-electron chi connectivity index (χ1n) is 4.52. The van der Waals surface area contributed by atoms with Crippen LogP contribution in [0.15, 0.2) is 18.3 Å². The summed E-state index contributed by atoms with van der Waals surface area (Å²) in [7, 11) is 0. The highest BCUT2D eigenvalue weighted by Crippen LogP contribution is 2.05. The van der Waals surface area contributed by atoms with E-state index >= 15 is 0 Å². The van der Waals surface area contributed by atoms with Crippen molar-refractivity contribution in [3.8, 4) is 0 Å². The van der Waals surface area contributed by atoms with E-state index in [0.717, 1.165) is 25.1 Å². The van der Waals surface area contributed by atoms with Crippen molar-refractivity contribution in [3.63, 3.8) is 0 Å². The van der Waals surface area contributed by atoms with Crippen LogP contribution < -0.4 is 0 Å². The molecule has 1 heterocycles. The molecule has 0 fully saturated rings. The summed E-state index contributed by atoms with van der Waals surface area (Å²) in [5.41, 5.74) is 0.748. The van der Waals surface area contributed by atoms with Crippen LogP contribution in [0.5, 0.6) is 0 Å². The Morgan fingerprint density at radius 3 is 2.92 bits per heavy atom. The summed E-state index contributed by atoms with van der Waals surface area (Å²) in [6.45, 7) is 2.59. The van der Waals surface area contributed by atoms with Crippen molar-refractivity contribution in [2.45, 2.75) is 26.3 Å². The van der Waals surface area contributed by atoms with E-state index in [-0.39, 0.29) is 12.4 Å². The zero-order chi connectivity index (χ0) is 9.68. The minimum absolute atomic E-state index is 0.0917. The largest absolute Gasteiger partial charge is 0.396 e. The topological polar surface area (TPSA) is 42.2 Å². The molecule has 3 heteroatoms. The minimum Gasteiger partial charge on any atom is -0.396 e. The Bertz CT molecular complexity index is 278. The molecule has 0 aromatic carbocycles. The quantitative estimate of drug-likeness (QED) is 0.552. The Hall–Kier alpha value is -1.09. The lowest BCUT2D eigenvalue weighted by Crippen LogP contribution is -2.06. The number of aliphatic hydroxyl groups excluding tert-OH is 1. The van der Waals surface area contributed by atoms with E-state index in [0.29, 0.717) is 0 Å². The molecule has 0 aliphatic carbocycles. The Labute approximate surface area is 78.0 Å². The van der Waals surface area contributed by atoms with Crippen LogP contribution in [0.3, 0.4) is 0 Å². The van der Waals surface area contributed by atoms with Crippen LogP contribution in [-0.4, -0.2) is 22.1 Å². The van der Waals surface area contributed by atoms with Gasteiger partial charge in [0, 0.05) is 26.3 Å². The van der Waals surface area contributed by atoms with E-state index in [9.17, 15) is 4.79 Å². The fraction of sp³-hybridized carbons (Fsp3) is 0.500. The predicted molar refractivity (Wildman–Crippen MR) is 50.8 cm³/mol. The van der Waals surface area contributed by atoms with Crippen LogP contribution in [0.1, 0.15) is 30.3 Å². The molecule has 1 N–H and O–H groups in total. The van der Waals surface area contributed by atoms with E-state index in [2.05, 4.69) is 0 Å². The molecule has 0 saturated heterocycles. The second-order valence-electron chi connectivity index (χ2n) is 3.07. The SMILES string of the molecule is CC(=O)c1cccn1CCCCO. The maximum absolute atomic E-state index is 11.1. The fourth-order valence-electron chi connectivity index (χ4n) is 1.32. The number of unbranched alkanes of at least 4 members (excludes halogenated alkanes) is 1. The van der Waals surface area contributed by atoms with Gasteiger partial charge in [0.25, 0.3) is 0 Å². The van der Waals surface area contributed by atoms with Crippen molar-refractivity contribution in [1.29, 1.82) is 0 Å². The van der Waals surface area contributed by atoms with Gasteiger partial charge in [0.05, 0.1) is 5.69 Å². The number of hydrogen-bond donors (Lipinski definition) is 1. The second-order valence-corrected chi connectivity index (χ2v) is 3.07. The van der Waals surface area contributed by atoms with E-state index in [1.165, 1.54) is 0 Å². The predicted octanol–water partition coefficient (Wildman–Crippen LogP) is 1.46. The smallest absolute Gasteiger partial charge is 0.176 e. The highest BCUT2D eigenvalue weighted by Gasteiger charge is 2.04. The minimum atomic E-state index is 0.0917. The standard InChI is InChI=1S/C10H15NO2/c1-9(13)10-5-4-7-11(10)6-2-3-8-12/h4-5,7,12H,2-3,6,8H2,1H3. The molecule has 72 valence electrons. The molecule has 0 bridgehead atoms. The van der Waals surface area contributed by atoms with Gasteiger partial charge in [0.1, 0.15) is 0 Å².